The molecule has 0 aliphatic rings. The summed E-state index contributed by atoms with van der Waals surface area (Å²) < 4.78 is 5.67. The average molecular weight is 418 g/mol. The van der Waals surface area contributed by atoms with Crippen molar-refractivity contribution < 1.29 is 14.3 Å². The van der Waals surface area contributed by atoms with E-state index in [-0.39, 0.29) is 12.5 Å². The number of nitrogens with one attached hydrogen (secondary N) is 3. The predicted molar refractivity (Wildman–Crippen MR) is 123 cm³/mol. The maximum Gasteiger partial charge on any atom is 0.276 e. The van der Waals surface area contributed by atoms with Gasteiger partial charge in [-0.3, -0.25) is 20.4 Å². The van der Waals surface area contributed by atoms with Gasteiger partial charge in [0.05, 0.1) is 0 Å². The minimum atomic E-state index is -0.442. The summed E-state index contributed by atoms with van der Waals surface area (Å²) in [4.78, 5) is 24.6. The third kappa shape index (κ3) is 6.34. The van der Waals surface area contributed by atoms with Gasteiger partial charge in [0.1, 0.15) is 5.75 Å². The number of carbonyl (C=O) groups is 2. The number of hydrogen-bond acceptors (Lipinski definition) is 4. The summed E-state index contributed by atoms with van der Waals surface area (Å²) >= 11 is 0. The van der Waals surface area contributed by atoms with Crippen molar-refractivity contribution in [3.8, 4) is 5.75 Å². The molecule has 0 aliphatic carbocycles. The maximum atomic E-state index is 12.4. The number of carbonyl (C=O) groups excluding carboxylic acids is 2. The van der Waals surface area contributed by atoms with Crippen LogP contribution in [0.2, 0.25) is 0 Å². The number of benzene rings is 3. The largest absolute Gasteiger partial charge is 0.483 e. The molecule has 6 nitrogen and oxygen atoms in total. The fourth-order valence-electron chi connectivity index (χ4n) is 3.05. The molecule has 2 amide bonds. The Kier molecular flexibility index (Phi) is 7.27. The van der Waals surface area contributed by atoms with E-state index in [1.807, 2.05) is 55.5 Å². The Morgan fingerprint density at radius 1 is 0.871 bits per heavy atom. The zero-order valence-corrected chi connectivity index (χ0v) is 17.9. The molecule has 0 bridgehead atoms. The Morgan fingerprint density at radius 2 is 1.61 bits per heavy atom. The molecule has 0 radical (unpaired) electrons. The highest BCUT2D eigenvalue weighted by Crippen LogP contribution is 2.27. The van der Waals surface area contributed by atoms with Crippen LogP contribution in [0.25, 0.3) is 0 Å². The van der Waals surface area contributed by atoms with Gasteiger partial charge in [-0.05, 0) is 54.8 Å². The summed E-state index contributed by atoms with van der Waals surface area (Å²) in [5, 5.41) is 3.23. The third-order valence-corrected chi connectivity index (χ3v) is 4.65. The number of anilines is 2. The molecular formula is C25H27N3O3. The van der Waals surface area contributed by atoms with Crippen molar-refractivity contribution in [1.82, 2.24) is 10.9 Å². The molecule has 3 rings (SSSR count). The molecular weight excluding hydrogens is 390 g/mol. The molecule has 3 aromatic carbocycles. The Hall–Kier alpha value is -3.80. The van der Waals surface area contributed by atoms with E-state index in [4.69, 9.17) is 4.74 Å². The van der Waals surface area contributed by atoms with E-state index in [0.29, 0.717) is 11.3 Å². The highest BCUT2D eigenvalue weighted by Gasteiger charge is 2.12. The molecule has 0 aromatic heterocycles. The fourth-order valence-corrected chi connectivity index (χ4v) is 3.05. The molecule has 0 aliphatic heterocycles. The summed E-state index contributed by atoms with van der Waals surface area (Å²) in [6.07, 6.45) is 0. The van der Waals surface area contributed by atoms with E-state index in [2.05, 4.69) is 36.1 Å². The lowest BCUT2D eigenvalue weighted by Gasteiger charge is -2.15. The number of hydrogen-bond donors (Lipinski definition) is 3. The maximum absolute atomic E-state index is 12.4. The molecule has 0 unspecified atom stereocenters. The average Bonchev–Trinajstić information content (AvgIpc) is 2.77. The van der Waals surface area contributed by atoms with Gasteiger partial charge in [0, 0.05) is 16.9 Å². The molecule has 3 aromatic rings. The van der Waals surface area contributed by atoms with Crippen LogP contribution in [0.3, 0.4) is 0 Å². The summed E-state index contributed by atoms with van der Waals surface area (Å²) in [7, 11) is 0. The van der Waals surface area contributed by atoms with Crippen LogP contribution < -0.4 is 20.9 Å². The second-order valence-electron chi connectivity index (χ2n) is 7.56. The van der Waals surface area contributed by atoms with E-state index >= 15 is 0 Å². The van der Waals surface area contributed by atoms with Crippen molar-refractivity contribution in [2.24, 2.45) is 0 Å². The van der Waals surface area contributed by atoms with Gasteiger partial charge in [-0.1, -0.05) is 55.8 Å². The van der Waals surface area contributed by atoms with Gasteiger partial charge in [0.15, 0.2) is 6.61 Å². The zero-order chi connectivity index (χ0) is 22.2. The summed E-state index contributed by atoms with van der Waals surface area (Å²) in [6.45, 7) is 5.96. The van der Waals surface area contributed by atoms with Crippen LogP contribution in [0.15, 0.2) is 72.8 Å². The molecule has 6 heteroatoms. The van der Waals surface area contributed by atoms with Crippen LogP contribution in [0, 0.1) is 6.92 Å². The topological polar surface area (TPSA) is 79.5 Å². The van der Waals surface area contributed by atoms with Crippen molar-refractivity contribution in [1.29, 1.82) is 0 Å². The molecule has 0 saturated heterocycles. The van der Waals surface area contributed by atoms with E-state index in [0.717, 1.165) is 22.5 Å². The fraction of sp³-hybridized carbons (Fsp3) is 0.200. The smallest absolute Gasteiger partial charge is 0.276 e. The Bertz CT molecular complexity index is 1050. The summed E-state index contributed by atoms with van der Waals surface area (Å²) in [6, 6.07) is 22.5. The van der Waals surface area contributed by atoms with Crippen LogP contribution in [0.1, 0.15) is 41.3 Å². The van der Waals surface area contributed by atoms with Crippen molar-refractivity contribution in [2.75, 3.05) is 11.9 Å². The quantitative estimate of drug-likeness (QED) is 0.487. The first-order valence-corrected chi connectivity index (χ1v) is 10.2. The molecule has 0 fully saturated rings. The molecule has 0 spiro atoms. The van der Waals surface area contributed by atoms with Gasteiger partial charge < -0.3 is 10.1 Å². The highest BCUT2D eigenvalue weighted by molar-refractivity contribution is 5.96. The Labute approximate surface area is 182 Å². The van der Waals surface area contributed by atoms with Crippen LogP contribution >= 0.6 is 0 Å². The van der Waals surface area contributed by atoms with E-state index in [1.165, 1.54) is 0 Å². The number of aryl methyl sites for hydroxylation is 1. The number of rotatable bonds is 7. The minimum Gasteiger partial charge on any atom is -0.483 e. The number of ether oxygens (including phenoxy) is 1. The van der Waals surface area contributed by atoms with Crippen LogP contribution in [-0.2, 0) is 4.79 Å². The molecule has 0 atom stereocenters. The lowest BCUT2D eigenvalue weighted by atomic mass is 10.00. The van der Waals surface area contributed by atoms with Crippen molar-refractivity contribution in [3.63, 3.8) is 0 Å². The number of para-hydroxylation sites is 1. The SMILES string of the molecule is Cc1ccc(OCC(=O)NNC(=O)c2cccc(Nc3ccccc3)c2)c(C(C)C)c1. The molecule has 31 heavy (non-hydrogen) atoms. The molecule has 3 N–H and O–H groups in total. The summed E-state index contributed by atoms with van der Waals surface area (Å²) in [5.74, 6) is 0.0849. The minimum absolute atomic E-state index is 0.196. The number of amides is 2. The van der Waals surface area contributed by atoms with Crippen molar-refractivity contribution in [3.05, 3.63) is 89.5 Å². The first-order chi connectivity index (χ1) is 14.9. The lowest BCUT2D eigenvalue weighted by Crippen LogP contribution is -2.43. The van der Waals surface area contributed by atoms with E-state index < -0.39 is 11.8 Å². The first-order valence-electron chi connectivity index (χ1n) is 10.2. The van der Waals surface area contributed by atoms with Gasteiger partial charge in [0.25, 0.3) is 11.8 Å². The van der Waals surface area contributed by atoms with Gasteiger partial charge in [0.2, 0.25) is 0 Å². The van der Waals surface area contributed by atoms with E-state index in [1.54, 1.807) is 18.2 Å². The van der Waals surface area contributed by atoms with Crippen LogP contribution in [-0.4, -0.2) is 18.4 Å². The molecule has 160 valence electrons. The van der Waals surface area contributed by atoms with Crippen molar-refractivity contribution in [2.45, 2.75) is 26.7 Å². The van der Waals surface area contributed by atoms with Crippen molar-refractivity contribution >= 4 is 23.2 Å². The van der Waals surface area contributed by atoms with Crippen LogP contribution in [0.4, 0.5) is 11.4 Å². The van der Waals surface area contributed by atoms with Crippen LogP contribution in [0.5, 0.6) is 5.75 Å². The van der Waals surface area contributed by atoms with Gasteiger partial charge in [-0.15, -0.1) is 0 Å². The summed E-state index contributed by atoms with van der Waals surface area (Å²) in [5.41, 5.74) is 9.11. The van der Waals surface area contributed by atoms with Gasteiger partial charge in [-0.2, -0.15) is 0 Å². The second-order valence-corrected chi connectivity index (χ2v) is 7.56. The monoisotopic (exact) mass is 417 g/mol. The van der Waals surface area contributed by atoms with Gasteiger partial charge >= 0.3 is 0 Å². The second kappa shape index (κ2) is 10.3. The highest BCUT2D eigenvalue weighted by atomic mass is 16.5. The Morgan fingerprint density at radius 3 is 2.35 bits per heavy atom. The van der Waals surface area contributed by atoms with Gasteiger partial charge in [-0.25, -0.2) is 0 Å². The third-order valence-electron chi connectivity index (χ3n) is 4.65. The normalized spacial score (nSPS) is 10.5. The molecule has 0 saturated carbocycles. The van der Waals surface area contributed by atoms with E-state index in [9.17, 15) is 9.59 Å². The Balaban J connectivity index is 1.53. The lowest BCUT2D eigenvalue weighted by molar-refractivity contribution is -0.123. The standard InChI is InChI=1S/C25H27N3O3/c1-17(2)22-14-18(3)12-13-23(22)31-16-24(29)27-28-25(30)19-8-7-11-21(15-19)26-20-9-5-4-6-10-20/h4-15,17,26H,16H2,1-3H3,(H,27,29)(H,28,30). The predicted octanol–water partition coefficient (Wildman–Crippen LogP) is 4.70. The zero-order valence-electron chi connectivity index (χ0n) is 17.9. The molecule has 0 heterocycles. The first kappa shape index (κ1) is 21.9. The number of hydrazine groups is 1.